The molecule has 3 atom stereocenters. The fourth-order valence-electron chi connectivity index (χ4n) is 5.75. The zero-order valence-electron chi connectivity index (χ0n) is 25.9. The molecule has 47 heavy (non-hydrogen) atoms. The van der Waals surface area contributed by atoms with Crippen LogP contribution < -0.4 is 16.0 Å². The molecule has 4 heterocycles. The highest BCUT2D eigenvalue weighted by molar-refractivity contribution is 7.10. The third-order valence-corrected chi connectivity index (χ3v) is 10.3. The summed E-state index contributed by atoms with van der Waals surface area (Å²) in [4.78, 5) is 65.3. The van der Waals surface area contributed by atoms with Crippen molar-refractivity contribution >= 4 is 46.3 Å². The highest BCUT2D eigenvalue weighted by Gasteiger charge is 2.32. The van der Waals surface area contributed by atoms with E-state index in [0.717, 1.165) is 11.1 Å². The maximum atomic E-state index is 13.9. The van der Waals surface area contributed by atoms with Gasteiger partial charge in [0.15, 0.2) is 0 Å². The molecule has 244 valence electrons. The number of thiazole rings is 2. The second-order valence-electron chi connectivity index (χ2n) is 11.7. The molecular formula is C34H36N6O5S2. The quantitative estimate of drug-likeness (QED) is 0.295. The Hall–Kier alpha value is -4.46. The molecule has 0 aliphatic carbocycles. The lowest BCUT2D eigenvalue weighted by atomic mass is 9.97. The van der Waals surface area contributed by atoms with Gasteiger partial charge in [0.2, 0.25) is 11.8 Å². The van der Waals surface area contributed by atoms with E-state index in [1.807, 2.05) is 60.7 Å². The molecule has 1 fully saturated rings. The molecule has 4 bridgehead atoms. The average Bonchev–Trinajstić information content (AvgIpc) is 3.79. The number of amides is 4. The molecule has 0 spiro atoms. The van der Waals surface area contributed by atoms with Gasteiger partial charge in [0, 0.05) is 36.4 Å². The van der Waals surface area contributed by atoms with Crippen LogP contribution in [0.25, 0.3) is 0 Å². The number of rotatable bonds is 4. The predicted molar refractivity (Wildman–Crippen MR) is 178 cm³/mol. The number of benzene rings is 2. The zero-order chi connectivity index (χ0) is 32.8. The molecule has 0 saturated carbocycles. The molecule has 13 heteroatoms. The number of hydrogen-bond donors (Lipinski definition) is 3. The minimum absolute atomic E-state index is 0.0822. The van der Waals surface area contributed by atoms with Gasteiger partial charge in [0.1, 0.15) is 21.4 Å². The van der Waals surface area contributed by atoms with Crippen LogP contribution in [0.2, 0.25) is 0 Å². The van der Waals surface area contributed by atoms with Gasteiger partial charge in [-0.3, -0.25) is 19.2 Å². The number of aromatic nitrogens is 2. The van der Waals surface area contributed by atoms with Crippen molar-refractivity contribution in [3.63, 3.8) is 0 Å². The van der Waals surface area contributed by atoms with E-state index in [1.165, 1.54) is 27.6 Å². The van der Waals surface area contributed by atoms with E-state index in [9.17, 15) is 19.2 Å². The van der Waals surface area contributed by atoms with Crippen molar-refractivity contribution in [2.75, 3.05) is 26.3 Å². The summed E-state index contributed by atoms with van der Waals surface area (Å²) in [7, 11) is 0. The molecule has 2 aliphatic heterocycles. The van der Waals surface area contributed by atoms with E-state index in [2.05, 4.69) is 25.9 Å². The van der Waals surface area contributed by atoms with Gasteiger partial charge in [-0.15, -0.1) is 22.7 Å². The van der Waals surface area contributed by atoms with Crippen molar-refractivity contribution in [3.8, 4) is 0 Å². The van der Waals surface area contributed by atoms with Gasteiger partial charge < -0.3 is 25.6 Å². The summed E-state index contributed by atoms with van der Waals surface area (Å²) in [6.07, 6.45) is 1.58. The van der Waals surface area contributed by atoms with E-state index in [1.54, 1.807) is 17.7 Å². The first-order valence-corrected chi connectivity index (χ1v) is 17.4. The zero-order valence-corrected chi connectivity index (χ0v) is 27.5. The van der Waals surface area contributed by atoms with Crippen molar-refractivity contribution in [1.82, 2.24) is 30.8 Å². The molecule has 2 aromatic carbocycles. The van der Waals surface area contributed by atoms with Crippen molar-refractivity contribution in [1.29, 1.82) is 0 Å². The van der Waals surface area contributed by atoms with E-state index < -0.39 is 24.0 Å². The maximum Gasteiger partial charge on any atom is 0.271 e. The van der Waals surface area contributed by atoms with Crippen LogP contribution in [0.1, 0.15) is 80.0 Å². The minimum Gasteiger partial charge on any atom is -0.381 e. The summed E-state index contributed by atoms with van der Waals surface area (Å²) in [5.74, 6) is -1.62. The lowest BCUT2D eigenvalue weighted by molar-refractivity contribution is -0.142. The van der Waals surface area contributed by atoms with Crippen LogP contribution in [0, 0.1) is 5.92 Å². The van der Waals surface area contributed by atoms with Crippen molar-refractivity contribution in [2.45, 2.75) is 44.3 Å². The highest BCUT2D eigenvalue weighted by atomic mass is 32.1. The van der Waals surface area contributed by atoms with Crippen LogP contribution in [0.3, 0.4) is 0 Å². The molecule has 0 unspecified atom stereocenters. The second-order valence-corrected chi connectivity index (χ2v) is 13.5. The Kier molecular flexibility index (Phi) is 10.3. The normalized spacial score (nSPS) is 21.6. The predicted octanol–water partition coefficient (Wildman–Crippen LogP) is 4.23. The number of carbonyl (C=O) groups excluding carboxylic acids is 4. The number of carbonyl (C=O) groups is 4. The summed E-state index contributed by atoms with van der Waals surface area (Å²) >= 11 is 2.57. The topological polar surface area (TPSA) is 143 Å². The SMILES string of the molecule is C[C@@H]1NC(=O)CN(C(=O)C2CCOCC2)C[C@@H](c2ccccc2)NC(=O)c2csc(n2)[C@@H](Cc2ccccc2)NC(=O)c2csc1n2. The van der Waals surface area contributed by atoms with E-state index in [0.29, 0.717) is 42.5 Å². The molecule has 0 radical (unpaired) electrons. The first-order valence-electron chi connectivity index (χ1n) is 15.6. The van der Waals surface area contributed by atoms with Crippen molar-refractivity contribution in [2.24, 2.45) is 5.92 Å². The Morgan fingerprint density at radius 2 is 1.47 bits per heavy atom. The number of ether oxygens (including phenoxy) is 1. The highest BCUT2D eigenvalue weighted by Crippen LogP contribution is 2.26. The molecule has 1 saturated heterocycles. The fraction of sp³-hybridized carbons (Fsp3) is 0.353. The summed E-state index contributed by atoms with van der Waals surface area (Å²) in [6.45, 7) is 2.62. The van der Waals surface area contributed by atoms with Crippen molar-refractivity contribution < 1.29 is 23.9 Å². The van der Waals surface area contributed by atoms with Gasteiger partial charge in [0.05, 0.1) is 24.7 Å². The maximum absolute atomic E-state index is 13.9. The fourth-order valence-corrected chi connectivity index (χ4v) is 7.41. The first-order chi connectivity index (χ1) is 22.8. The van der Waals surface area contributed by atoms with Gasteiger partial charge >= 0.3 is 0 Å². The number of fused-ring (bicyclic) bond motifs is 4. The molecule has 2 aromatic heterocycles. The summed E-state index contributed by atoms with van der Waals surface area (Å²) in [6, 6.07) is 17.5. The van der Waals surface area contributed by atoms with Gasteiger partial charge in [-0.25, -0.2) is 9.97 Å². The number of nitrogens with zero attached hydrogens (tertiary/aromatic N) is 3. The van der Waals surface area contributed by atoms with E-state index in [4.69, 9.17) is 4.74 Å². The van der Waals surface area contributed by atoms with Gasteiger partial charge in [0.25, 0.3) is 11.8 Å². The van der Waals surface area contributed by atoms with Crippen molar-refractivity contribution in [3.05, 3.63) is 104 Å². The van der Waals surface area contributed by atoms with Gasteiger partial charge in [-0.05, 0) is 37.3 Å². The molecular weight excluding hydrogens is 637 g/mol. The molecule has 2 aliphatic rings. The van der Waals surface area contributed by atoms with E-state index >= 15 is 0 Å². The van der Waals surface area contributed by atoms with Crippen LogP contribution in [-0.2, 0) is 20.7 Å². The summed E-state index contributed by atoms with van der Waals surface area (Å²) in [5, 5.41) is 13.6. The molecule has 6 rings (SSSR count). The lowest BCUT2D eigenvalue weighted by Crippen LogP contribution is -2.48. The first kappa shape index (κ1) is 32.5. The Morgan fingerprint density at radius 1 is 0.851 bits per heavy atom. The van der Waals surface area contributed by atoms with Gasteiger partial charge in [-0.2, -0.15) is 0 Å². The van der Waals surface area contributed by atoms with Gasteiger partial charge in [-0.1, -0.05) is 60.7 Å². The van der Waals surface area contributed by atoms with Crippen LogP contribution in [0.5, 0.6) is 0 Å². The Morgan fingerprint density at radius 3 is 2.17 bits per heavy atom. The molecule has 11 nitrogen and oxygen atoms in total. The third-order valence-electron chi connectivity index (χ3n) is 8.27. The minimum atomic E-state index is -0.622. The Labute approximate surface area is 280 Å². The standard InChI is InChI=1S/C34H36N6O5S2/c1-21-32-38-27(19-46-32)30(42)36-25(16-22-8-4-2-5-9-22)33-39-28(20-47-33)31(43)37-26(23-10-6-3-7-11-23)17-40(18-29(41)35-21)34(44)24-12-14-45-15-13-24/h2-11,19-21,24-26H,12-18H2,1H3,(H,35,41)(H,36,42)(H,37,43)/t21-,25+,26-/m0/s1. The third kappa shape index (κ3) is 8.10. The molecule has 4 aromatic rings. The monoisotopic (exact) mass is 672 g/mol. The average molecular weight is 673 g/mol. The van der Waals surface area contributed by atoms with Crippen LogP contribution in [0.15, 0.2) is 71.4 Å². The number of nitrogens with one attached hydrogen (secondary N) is 3. The number of hydrogen-bond acceptors (Lipinski definition) is 9. The molecule has 3 N–H and O–H groups in total. The van der Waals surface area contributed by atoms with Crippen LogP contribution in [-0.4, -0.2) is 64.8 Å². The molecule has 4 amide bonds. The second kappa shape index (κ2) is 15.0. The largest absolute Gasteiger partial charge is 0.381 e. The Bertz CT molecular complexity index is 1710. The van der Waals surface area contributed by atoms with Crippen LogP contribution >= 0.6 is 22.7 Å². The Balaban J connectivity index is 1.36. The lowest BCUT2D eigenvalue weighted by Gasteiger charge is -2.32. The summed E-state index contributed by atoms with van der Waals surface area (Å²) in [5.41, 5.74) is 2.20. The summed E-state index contributed by atoms with van der Waals surface area (Å²) < 4.78 is 5.48. The smallest absolute Gasteiger partial charge is 0.271 e. The van der Waals surface area contributed by atoms with Crippen LogP contribution in [0.4, 0.5) is 0 Å². The van der Waals surface area contributed by atoms with E-state index in [-0.39, 0.29) is 48.1 Å².